The maximum atomic E-state index is 13.3. The lowest BCUT2D eigenvalue weighted by molar-refractivity contribution is -0.122. The van der Waals surface area contributed by atoms with Crippen LogP contribution >= 0.6 is 12.4 Å². The molecule has 2 N–H and O–H groups in total. The van der Waals surface area contributed by atoms with E-state index in [-0.39, 0.29) is 30.2 Å². The highest BCUT2D eigenvalue weighted by atomic mass is 35.5. The van der Waals surface area contributed by atoms with Crippen molar-refractivity contribution in [1.29, 1.82) is 0 Å². The van der Waals surface area contributed by atoms with E-state index in [0.717, 1.165) is 25.2 Å². The molecule has 0 bridgehead atoms. The van der Waals surface area contributed by atoms with E-state index in [1.54, 1.807) is 12.1 Å². The highest BCUT2D eigenvalue weighted by Crippen LogP contribution is 2.22. The number of benzene rings is 1. The second kappa shape index (κ2) is 8.77. The highest BCUT2D eigenvalue weighted by molar-refractivity contribution is 5.85. The summed E-state index contributed by atoms with van der Waals surface area (Å²) < 4.78 is 13.3. The Kier molecular flexibility index (Phi) is 7.36. The molecule has 0 spiro atoms. The molecule has 1 aromatic rings. The Morgan fingerprint density at radius 2 is 2.38 bits per heavy atom. The van der Waals surface area contributed by atoms with E-state index in [1.807, 2.05) is 6.07 Å². The Morgan fingerprint density at radius 3 is 3.10 bits per heavy atom. The third kappa shape index (κ3) is 5.12. The topological polar surface area (TPSA) is 44.4 Å². The first-order chi connectivity index (χ1) is 9.70. The molecule has 1 aliphatic rings. The van der Waals surface area contributed by atoms with Crippen LogP contribution in [0.2, 0.25) is 0 Å². The average molecular weight is 314 g/mol. The Bertz CT molecular complexity index is 484. The van der Waals surface area contributed by atoms with Crippen molar-refractivity contribution < 1.29 is 9.18 Å². The van der Waals surface area contributed by atoms with Crippen molar-refractivity contribution in [3.63, 3.8) is 0 Å². The number of hydrogen-bond donors (Lipinski definition) is 2. The summed E-state index contributed by atoms with van der Waals surface area (Å²) in [6.07, 6.45) is 1.65. The average Bonchev–Trinajstić information content (AvgIpc) is 2.45. The van der Waals surface area contributed by atoms with Gasteiger partial charge in [0.15, 0.2) is 0 Å². The van der Waals surface area contributed by atoms with Crippen LogP contribution in [0.1, 0.15) is 11.6 Å². The van der Waals surface area contributed by atoms with Crippen LogP contribution < -0.4 is 10.6 Å². The summed E-state index contributed by atoms with van der Waals surface area (Å²) >= 11 is 0. The van der Waals surface area contributed by atoms with Crippen LogP contribution in [0.25, 0.3) is 0 Å². The van der Waals surface area contributed by atoms with E-state index in [1.165, 1.54) is 12.1 Å². The molecule has 6 heteroatoms. The first-order valence-electron chi connectivity index (χ1n) is 6.78. The predicted octanol–water partition coefficient (Wildman–Crippen LogP) is 1.50. The summed E-state index contributed by atoms with van der Waals surface area (Å²) in [5, 5.41) is 6.06. The Balaban J connectivity index is 0.00000220. The van der Waals surface area contributed by atoms with E-state index in [4.69, 9.17) is 0 Å². The van der Waals surface area contributed by atoms with Crippen molar-refractivity contribution in [3.8, 4) is 0 Å². The molecule has 1 amide bonds. The van der Waals surface area contributed by atoms with Gasteiger partial charge in [-0.2, -0.15) is 0 Å². The van der Waals surface area contributed by atoms with Crippen LogP contribution in [0.5, 0.6) is 0 Å². The smallest absolute Gasteiger partial charge is 0.234 e. The Morgan fingerprint density at radius 1 is 1.57 bits per heavy atom. The number of piperazine rings is 1. The summed E-state index contributed by atoms with van der Waals surface area (Å²) in [4.78, 5) is 13.9. The quantitative estimate of drug-likeness (QED) is 0.810. The molecule has 0 saturated carbocycles. The Hall–Kier alpha value is -1.43. The molecule has 1 unspecified atom stereocenters. The third-order valence-electron chi connectivity index (χ3n) is 3.38. The van der Waals surface area contributed by atoms with Gasteiger partial charge in [0.2, 0.25) is 5.91 Å². The molecule has 1 saturated heterocycles. The van der Waals surface area contributed by atoms with E-state index in [9.17, 15) is 9.18 Å². The first kappa shape index (κ1) is 17.6. The second-order valence-corrected chi connectivity index (χ2v) is 4.84. The molecule has 0 aromatic heterocycles. The summed E-state index contributed by atoms with van der Waals surface area (Å²) in [5.41, 5.74) is 0.897. The zero-order chi connectivity index (χ0) is 14.4. The van der Waals surface area contributed by atoms with Crippen LogP contribution in [0.15, 0.2) is 36.9 Å². The number of halogens is 2. The van der Waals surface area contributed by atoms with Crippen molar-refractivity contribution in [1.82, 2.24) is 15.5 Å². The number of carbonyl (C=O) groups excluding carboxylic acids is 1. The van der Waals surface area contributed by atoms with Crippen LogP contribution in [0, 0.1) is 5.82 Å². The molecule has 116 valence electrons. The van der Waals surface area contributed by atoms with Crippen molar-refractivity contribution in [2.45, 2.75) is 6.04 Å². The van der Waals surface area contributed by atoms with Crippen LogP contribution in [0.3, 0.4) is 0 Å². The highest BCUT2D eigenvalue weighted by Gasteiger charge is 2.25. The molecule has 1 atom stereocenters. The normalized spacial score (nSPS) is 18.6. The largest absolute Gasteiger partial charge is 0.352 e. The molecule has 2 rings (SSSR count). The number of rotatable bonds is 5. The monoisotopic (exact) mass is 313 g/mol. The minimum Gasteiger partial charge on any atom is -0.352 e. The van der Waals surface area contributed by atoms with Gasteiger partial charge in [-0.1, -0.05) is 18.2 Å². The zero-order valence-electron chi connectivity index (χ0n) is 11.8. The van der Waals surface area contributed by atoms with Gasteiger partial charge in [0.1, 0.15) is 5.82 Å². The number of nitrogens with zero attached hydrogens (tertiary/aromatic N) is 1. The van der Waals surface area contributed by atoms with Crippen LogP contribution in [0.4, 0.5) is 4.39 Å². The van der Waals surface area contributed by atoms with Crippen molar-refractivity contribution in [2.75, 3.05) is 32.7 Å². The molecular weight excluding hydrogens is 293 g/mol. The van der Waals surface area contributed by atoms with Gasteiger partial charge < -0.3 is 10.6 Å². The fraction of sp³-hybridized carbons (Fsp3) is 0.400. The van der Waals surface area contributed by atoms with Gasteiger partial charge in [-0.05, 0) is 17.7 Å². The van der Waals surface area contributed by atoms with Gasteiger partial charge in [0.05, 0.1) is 6.54 Å². The van der Waals surface area contributed by atoms with Crippen molar-refractivity contribution >= 4 is 18.3 Å². The molecule has 0 radical (unpaired) electrons. The molecular formula is C15H21ClFN3O. The number of nitrogens with one attached hydrogen (secondary N) is 2. The third-order valence-corrected chi connectivity index (χ3v) is 3.38. The molecule has 1 aliphatic heterocycles. The molecule has 0 aliphatic carbocycles. The number of amides is 1. The van der Waals surface area contributed by atoms with Crippen molar-refractivity contribution in [3.05, 3.63) is 48.3 Å². The molecule has 1 fully saturated rings. The van der Waals surface area contributed by atoms with Crippen molar-refractivity contribution in [2.24, 2.45) is 0 Å². The van der Waals surface area contributed by atoms with E-state index in [0.29, 0.717) is 13.1 Å². The maximum absolute atomic E-state index is 13.3. The lowest BCUT2D eigenvalue weighted by Gasteiger charge is -2.36. The van der Waals surface area contributed by atoms with Crippen LogP contribution in [-0.2, 0) is 4.79 Å². The molecule has 4 nitrogen and oxygen atoms in total. The lowest BCUT2D eigenvalue weighted by Crippen LogP contribution is -2.49. The second-order valence-electron chi connectivity index (χ2n) is 4.84. The zero-order valence-corrected chi connectivity index (χ0v) is 12.7. The van der Waals surface area contributed by atoms with E-state index in [2.05, 4.69) is 22.1 Å². The van der Waals surface area contributed by atoms with Gasteiger partial charge >= 0.3 is 0 Å². The Labute approximate surface area is 130 Å². The minimum atomic E-state index is -0.246. The van der Waals surface area contributed by atoms with Gasteiger partial charge in [-0.15, -0.1) is 19.0 Å². The molecule has 21 heavy (non-hydrogen) atoms. The summed E-state index contributed by atoms with van der Waals surface area (Å²) in [6.45, 7) is 6.68. The number of carbonyl (C=O) groups is 1. The fourth-order valence-corrected chi connectivity index (χ4v) is 2.40. The fourth-order valence-electron chi connectivity index (χ4n) is 2.40. The standard InChI is InChI=1S/C15H20FN3O.ClH/c1-2-6-18-15(20)11-19-8-7-17-10-14(19)12-4-3-5-13(16)9-12;/h2-5,9,14,17H,1,6-8,10-11H2,(H,18,20);1H. The van der Waals surface area contributed by atoms with Crippen LogP contribution in [-0.4, -0.2) is 43.5 Å². The maximum Gasteiger partial charge on any atom is 0.234 e. The molecule has 1 aromatic carbocycles. The van der Waals surface area contributed by atoms with Gasteiger partial charge in [0, 0.05) is 32.2 Å². The predicted molar refractivity (Wildman–Crippen MR) is 84.0 cm³/mol. The van der Waals surface area contributed by atoms with Gasteiger partial charge in [-0.3, -0.25) is 9.69 Å². The summed E-state index contributed by atoms with van der Waals surface area (Å²) in [7, 11) is 0. The SMILES string of the molecule is C=CCNC(=O)CN1CCNCC1c1cccc(F)c1.Cl. The lowest BCUT2D eigenvalue weighted by atomic mass is 10.0. The molecule has 1 heterocycles. The van der Waals surface area contributed by atoms with E-state index < -0.39 is 0 Å². The van der Waals surface area contributed by atoms with Gasteiger partial charge in [0.25, 0.3) is 0 Å². The first-order valence-corrected chi connectivity index (χ1v) is 6.78. The van der Waals surface area contributed by atoms with E-state index >= 15 is 0 Å². The minimum absolute atomic E-state index is 0. The summed E-state index contributed by atoms with van der Waals surface area (Å²) in [5.74, 6) is -0.280. The number of hydrogen-bond acceptors (Lipinski definition) is 3. The summed E-state index contributed by atoms with van der Waals surface area (Å²) in [6, 6.07) is 6.59. The van der Waals surface area contributed by atoms with Gasteiger partial charge in [-0.25, -0.2) is 4.39 Å².